The number of methoxy groups -OCH3 is 1. The quantitative estimate of drug-likeness (QED) is 0.645. The summed E-state index contributed by atoms with van der Waals surface area (Å²) in [6.07, 6.45) is 0. The molecule has 0 radical (unpaired) electrons. The summed E-state index contributed by atoms with van der Waals surface area (Å²) in [4.78, 5) is 14.3. The molecule has 128 valence electrons. The molecule has 0 amide bonds. The van der Waals surface area contributed by atoms with Crippen molar-refractivity contribution in [1.82, 2.24) is 5.32 Å². The number of rotatable bonds is 3. The molecule has 3 rings (SSSR count). The van der Waals surface area contributed by atoms with Crippen LogP contribution in [0.5, 0.6) is 0 Å². The minimum absolute atomic E-state index is 0.392. The lowest BCUT2D eigenvalue weighted by atomic mass is 9.95. The van der Waals surface area contributed by atoms with Crippen molar-refractivity contribution in [2.24, 2.45) is 0 Å². The predicted octanol–water partition coefficient (Wildman–Crippen LogP) is 4.22. The molecule has 0 saturated heterocycles. The van der Waals surface area contributed by atoms with Crippen LogP contribution in [0.15, 0.2) is 65.9 Å². The van der Waals surface area contributed by atoms with Crippen LogP contribution in [-0.2, 0) is 9.53 Å². The molecule has 4 nitrogen and oxygen atoms in total. The molecule has 0 saturated carbocycles. The number of carbonyl (C=O) groups is 1. The van der Waals surface area contributed by atoms with Crippen molar-refractivity contribution in [1.29, 1.82) is 0 Å². The molecule has 2 aromatic carbocycles. The summed E-state index contributed by atoms with van der Waals surface area (Å²) in [6, 6.07) is 16.6. The zero-order valence-corrected chi connectivity index (χ0v) is 15.4. The molecule has 2 aromatic rings. The third kappa shape index (κ3) is 3.38. The first-order chi connectivity index (χ1) is 12.0. The van der Waals surface area contributed by atoms with Gasteiger partial charge in [0.25, 0.3) is 0 Å². The summed E-state index contributed by atoms with van der Waals surface area (Å²) < 4.78 is 5.02. The normalized spacial score (nSPS) is 17.3. The molecule has 1 atom stereocenters. The average Bonchev–Trinajstić information content (AvgIpc) is 2.62. The van der Waals surface area contributed by atoms with Crippen molar-refractivity contribution in [3.8, 4) is 0 Å². The summed E-state index contributed by atoms with van der Waals surface area (Å²) in [5, 5.41) is 4.41. The van der Waals surface area contributed by atoms with Gasteiger partial charge in [0.15, 0.2) is 5.11 Å². The number of nitrogens with one attached hydrogen (secondary N) is 1. The zero-order chi connectivity index (χ0) is 18.0. The Balaban J connectivity index is 2.12. The zero-order valence-electron chi connectivity index (χ0n) is 13.8. The van der Waals surface area contributed by atoms with Crippen LogP contribution in [0.1, 0.15) is 18.5 Å². The highest BCUT2D eigenvalue weighted by Crippen LogP contribution is 2.34. The number of carbonyl (C=O) groups excluding carboxylic acids is 1. The average molecular weight is 373 g/mol. The Morgan fingerprint density at radius 3 is 2.40 bits per heavy atom. The van der Waals surface area contributed by atoms with E-state index in [-0.39, 0.29) is 0 Å². The van der Waals surface area contributed by atoms with Gasteiger partial charge >= 0.3 is 5.97 Å². The van der Waals surface area contributed by atoms with Crippen LogP contribution < -0.4 is 10.2 Å². The van der Waals surface area contributed by atoms with Crippen molar-refractivity contribution < 1.29 is 9.53 Å². The van der Waals surface area contributed by atoms with Crippen LogP contribution in [0.3, 0.4) is 0 Å². The first kappa shape index (κ1) is 17.5. The summed E-state index contributed by atoms with van der Waals surface area (Å²) in [6.45, 7) is 1.87. The van der Waals surface area contributed by atoms with Gasteiger partial charge in [0.1, 0.15) is 0 Å². The fourth-order valence-electron chi connectivity index (χ4n) is 2.91. The second-order valence-corrected chi connectivity index (χ2v) is 6.42. The Kier molecular flexibility index (Phi) is 5.06. The first-order valence-corrected chi connectivity index (χ1v) is 8.51. The molecule has 1 N–H and O–H groups in total. The fraction of sp³-hybridized carbons (Fsp3) is 0.158. The van der Waals surface area contributed by atoms with Gasteiger partial charge in [0.2, 0.25) is 0 Å². The minimum atomic E-state index is -0.395. The topological polar surface area (TPSA) is 41.6 Å². The Morgan fingerprint density at radius 1 is 1.16 bits per heavy atom. The van der Waals surface area contributed by atoms with E-state index in [4.69, 9.17) is 28.6 Å². The van der Waals surface area contributed by atoms with E-state index < -0.39 is 12.0 Å². The lowest BCUT2D eigenvalue weighted by molar-refractivity contribution is -0.136. The fourth-order valence-corrected chi connectivity index (χ4v) is 3.40. The van der Waals surface area contributed by atoms with Gasteiger partial charge in [0, 0.05) is 16.4 Å². The summed E-state index contributed by atoms with van der Waals surface area (Å²) in [5.41, 5.74) is 3.02. The maximum absolute atomic E-state index is 12.5. The maximum atomic E-state index is 12.5. The van der Waals surface area contributed by atoms with Crippen molar-refractivity contribution in [3.05, 3.63) is 76.5 Å². The number of halogens is 1. The van der Waals surface area contributed by atoms with Gasteiger partial charge in [0.05, 0.1) is 18.7 Å². The molecule has 1 heterocycles. The Bertz CT molecular complexity index is 834. The van der Waals surface area contributed by atoms with Crippen molar-refractivity contribution in [3.63, 3.8) is 0 Å². The summed E-state index contributed by atoms with van der Waals surface area (Å²) in [5.74, 6) is -0.395. The van der Waals surface area contributed by atoms with Crippen LogP contribution in [-0.4, -0.2) is 18.2 Å². The van der Waals surface area contributed by atoms with E-state index in [0.717, 1.165) is 16.9 Å². The Morgan fingerprint density at radius 2 is 1.80 bits per heavy atom. The third-order valence-electron chi connectivity index (χ3n) is 4.11. The molecule has 0 aliphatic carbocycles. The van der Waals surface area contributed by atoms with Crippen LogP contribution in [0, 0.1) is 0 Å². The molecule has 0 unspecified atom stereocenters. The van der Waals surface area contributed by atoms with Crippen molar-refractivity contribution >= 4 is 40.6 Å². The van der Waals surface area contributed by atoms with E-state index in [2.05, 4.69) is 5.32 Å². The van der Waals surface area contributed by atoms with Crippen molar-refractivity contribution in [2.45, 2.75) is 13.0 Å². The van der Waals surface area contributed by atoms with E-state index in [0.29, 0.717) is 15.7 Å². The van der Waals surface area contributed by atoms with Gasteiger partial charge in [-0.15, -0.1) is 0 Å². The Hall–Kier alpha value is -2.37. The lowest BCUT2D eigenvalue weighted by Gasteiger charge is -2.37. The summed E-state index contributed by atoms with van der Waals surface area (Å²) in [7, 11) is 1.38. The standard InChI is InChI=1S/C19H17ClN2O2S/c1-12-16(18(23)24-2)17(13-8-10-14(20)11-9-13)21-19(25)22(12)15-6-4-3-5-7-15/h3-11,17H,1-2H3,(H,21,25)/t17-/m1/s1. The molecule has 1 aliphatic heterocycles. The monoisotopic (exact) mass is 372 g/mol. The molecular formula is C19H17ClN2O2S. The Labute approximate surface area is 157 Å². The molecule has 0 bridgehead atoms. The molecule has 0 aromatic heterocycles. The van der Waals surface area contributed by atoms with Gasteiger partial charge < -0.3 is 10.1 Å². The number of nitrogens with zero attached hydrogens (tertiary/aromatic N) is 1. The molecule has 0 fully saturated rings. The van der Waals surface area contributed by atoms with E-state index in [1.54, 1.807) is 12.1 Å². The van der Waals surface area contributed by atoms with E-state index in [9.17, 15) is 4.79 Å². The number of hydrogen-bond donors (Lipinski definition) is 1. The highest BCUT2D eigenvalue weighted by atomic mass is 35.5. The number of esters is 1. The summed E-state index contributed by atoms with van der Waals surface area (Å²) >= 11 is 11.5. The number of benzene rings is 2. The second-order valence-electron chi connectivity index (χ2n) is 5.60. The van der Waals surface area contributed by atoms with E-state index >= 15 is 0 Å². The molecule has 25 heavy (non-hydrogen) atoms. The molecule has 0 spiro atoms. The molecule has 1 aliphatic rings. The van der Waals surface area contributed by atoms with Gasteiger partial charge in [-0.1, -0.05) is 41.9 Å². The number of thiocarbonyl (C=S) groups is 1. The van der Waals surface area contributed by atoms with Gasteiger partial charge in [-0.25, -0.2) is 4.79 Å². The minimum Gasteiger partial charge on any atom is -0.466 e. The van der Waals surface area contributed by atoms with Gasteiger partial charge in [-0.3, -0.25) is 4.90 Å². The highest BCUT2D eigenvalue weighted by Gasteiger charge is 2.35. The van der Waals surface area contributed by atoms with Crippen molar-refractivity contribution in [2.75, 3.05) is 12.0 Å². The van der Waals surface area contributed by atoms with Crippen LogP contribution in [0.2, 0.25) is 5.02 Å². The van der Waals surface area contributed by atoms with E-state index in [1.807, 2.05) is 54.3 Å². The van der Waals surface area contributed by atoms with Crippen LogP contribution in [0.4, 0.5) is 5.69 Å². The van der Waals surface area contributed by atoms with E-state index in [1.165, 1.54) is 7.11 Å². The predicted molar refractivity (Wildman–Crippen MR) is 104 cm³/mol. The number of para-hydroxylation sites is 1. The molecular weight excluding hydrogens is 356 g/mol. The van der Waals surface area contributed by atoms with Gasteiger partial charge in [-0.2, -0.15) is 0 Å². The molecule has 6 heteroatoms. The first-order valence-electron chi connectivity index (χ1n) is 7.73. The third-order valence-corrected chi connectivity index (χ3v) is 4.66. The maximum Gasteiger partial charge on any atom is 0.337 e. The van der Waals surface area contributed by atoms with Crippen LogP contribution >= 0.6 is 23.8 Å². The van der Waals surface area contributed by atoms with Gasteiger partial charge in [-0.05, 0) is 49.0 Å². The smallest absolute Gasteiger partial charge is 0.337 e. The van der Waals surface area contributed by atoms with Crippen LogP contribution in [0.25, 0.3) is 0 Å². The number of hydrogen-bond acceptors (Lipinski definition) is 3. The second kappa shape index (κ2) is 7.25. The highest BCUT2D eigenvalue weighted by molar-refractivity contribution is 7.80. The number of anilines is 1. The largest absolute Gasteiger partial charge is 0.466 e. The lowest BCUT2D eigenvalue weighted by Crippen LogP contribution is -2.48. The SMILES string of the molecule is COC(=O)C1=C(C)N(c2ccccc2)C(=S)N[C@@H]1c1ccc(Cl)cc1. The number of ether oxygens (including phenoxy) is 1. The number of allylic oxidation sites excluding steroid dienone is 1.